The molecule has 0 aliphatic rings. The maximum Gasteiger partial charge on any atom is 0.194 e. The number of rotatable bonds is 9. The summed E-state index contributed by atoms with van der Waals surface area (Å²) in [5, 5.41) is 11.7. The van der Waals surface area contributed by atoms with Crippen LogP contribution < -0.4 is 5.32 Å². The smallest absolute Gasteiger partial charge is 0.194 e. The number of nitrogens with one attached hydrogen (secondary N) is 1. The van der Waals surface area contributed by atoms with Crippen LogP contribution >= 0.6 is 0 Å². The second-order valence-electron chi connectivity index (χ2n) is 6.20. The molecule has 0 aromatic carbocycles. The van der Waals surface area contributed by atoms with Gasteiger partial charge in [-0.25, -0.2) is 4.99 Å². The van der Waals surface area contributed by atoms with E-state index in [1.165, 1.54) is 0 Å². The fourth-order valence-electron chi connectivity index (χ4n) is 2.47. The molecule has 1 N–H and O–H groups in total. The highest BCUT2D eigenvalue weighted by Crippen LogP contribution is 2.11. The monoisotopic (exact) mass is 362 g/mol. The molecule has 2 aromatic rings. The van der Waals surface area contributed by atoms with E-state index in [1.807, 2.05) is 45.5 Å². The van der Waals surface area contributed by atoms with Crippen molar-refractivity contribution in [1.29, 1.82) is 0 Å². The van der Waals surface area contributed by atoms with Crippen molar-refractivity contribution in [3.63, 3.8) is 0 Å². The van der Waals surface area contributed by atoms with Crippen molar-refractivity contribution < 1.29 is 9.15 Å². The fraction of sp³-hybridized carbons (Fsp3) is 0.611. The van der Waals surface area contributed by atoms with Crippen LogP contribution in [-0.2, 0) is 24.9 Å². The molecule has 0 saturated heterocycles. The summed E-state index contributed by atoms with van der Waals surface area (Å²) in [6.45, 7) is 9.38. The number of hydrogen-bond acceptors (Lipinski definition) is 5. The van der Waals surface area contributed by atoms with Crippen LogP contribution in [0.4, 0.5) is 0 Å². The summed E-state index contributed by atoms with van der Waals surface area (Å²) in [6, 6.07) is 1.99. The Bertz CT molecular complexity index is 706. The number of furan rings is 1. The van der Waals surface area contributed by atoms with E-state index in [1.54, 1.807) is 6.26 Å². The summed E-state index contributed by atoms with van der Waals surface area (Å²) < 4.78 is 12.7. The van der Waals surface area contributed by atoms with Gasteiger partial charge in [-0.3, -0.25) is 0 Å². The highest BCUT2D eigenvalue weighted by Gasteiger charge is 2.11. The van der Waals surface area contributed by atoms with Crippen LogP contribution in [0, 0.1) is 13.8 Å². The van der Waals surface area contributed by atoms with Crippen molar-refractivity contribution in [3.8, 4) is 0 Å². The molecule has 0 bridgehead atoms. The molecular formula is C18H30N6O2. The number of ether oxygens (including phenoxy) is 1. The molecule has 0 amide bonds. The van der Waals surface area contributed by atoms with Gasteiger partial charge in [0.1, 0.15) is 18.1 Å². The first-order chi connectivity index (χ1) is 12.5. The molecular weight excluding hydrogens is 332 g/mol. The molecule has 26 heavy (non-hydrogen) atoms. The van der Waals surface area contributed by atoms with Crippen LogP contribution in [-0.4, -0.2) is 52.4 Å². The highest BCUT2D eigenvalue weighted by molar-refractivity contribution is 5.79. The third kappa shape index (κ3) is 5.59. The summed E-state index contributed by atoms with van der Waals surface area (Å²) >= 11 is 0. The zero-order chi connectivity index (χ0) is 18.9. The van der Waals surface area contributed by atoms with Crippen LogP contribution in [0.25, 0.3) is 0 Å². The van der Waals surface area contributed by atoms with Crippen LogP contribution in [0.15, 0.2) is 21.7 Å². The van der Waals surface area contributed by atoms with Gasteiger partial charge in [-0.15, -0.1) is 10.2 Å². The molecule has 8 heteroatoms. The number of hydrogen-bond donors (Lipinski definition) is 1. The van der Waals surface area contributed by atoms with Crippen molar-refractivity contribution in [2.75, 3.05) is 26.8 Å². The average Bonchev–Trinajstić information content (AvgIpc) is 3.17. The molecule has 8 nitrogen and oxygen atoms in total. The Kier molecular flexibility index (Phi) is 7.65. The van der Waals surface area contributed by atoms with Gasteiger partial charge in [-0.05, 0) is 33.3 Å². The minimum Gasteiger partial charge on any atom is -0.469 e. The van der Waals surface area contributed by atoms with Crippen molar-refractivity contribution in [2.45, 2.75) is 40.3 Å². The molecule has 2 heterocycles. The quantitative estimate of drug-likeness (QED) is 0.418. The Labute approximate surface area is 155 Å². The molecule has 0 aliphatic heterocycles. The molecule has 2 aromatic heterocycles. The largest absolute Gasteiger partial charge is 0.469 e. The molecule has 0 aliphatic carbocycles. The Morgan fingerprint density at radius 3 is 2.81 bits per heavy atom. The van der Waals surface area contributed by atoms with Gasteiger partial charge >= 0.3 is 0 Å². The third-order valence-corrected chi connectivity index (χ3v) is 4.24. The summed E-state index contributed by atoms with van der Waals surface area (Å²) in [4.78, 5) is 6.82. The first kappa shape index (κ1) is 20.0. The van der Waals surface area contributed by atoms with Gasteiger partial charge in [-0.1, -0.05) is 0 Å². The van der Waals surface area contributed by atoms with Crippen molar-refractivity contribution >= 4 is 5.96 Å². The molecule has 2 rings (SSSR count). The molecule has 144 valence electrons. The van der Waals surface area contributed by atoms with E-state index in [0.717, 1.165) is 61.7 Å². The van der Waals surface area contributed by atoms with E-state index in [0.29, 0.717) is 6.54 Å². The Balaban J connectivity index is 2.03. The van der Waals surface area contributed by atoms with Crippen LogP contribution in [0.3, 0.4) is 0 Å². The lowest BCUT2D eigenvalue weighted by molar-refractivity contribution is 0.145. The van der Waals surface area contributed by atoms with E-state index in [2.05, 4.69) is 20.4 Å². The fourth-order valence-corrected chi connectivity index (χ4v) is 2.47. The van der Waals surface area contributed by atoms with E-state index < -0.39 is 0 Å². The van der Waals surface area contributed by atoms with E-state index in [4.69, 9.17) is 14.1 Å². The molecule has 0 radical (unpaired) electrons. The number of aryl methyl sites for hydroxylation is 2. The second kappa shape index (κ2) is 9.96. The van der Waals surface area contributed by atoms with E-state index >= 15 is 0 Å². The van der Waals surface area contributed by atoms with Gasteiger partial charge in [0.15, 0.2) is 11.8 Å². The van der Waals surface area contributed by atoms with Crippen molar-refractivity contribution in [1.82, 2.24) is 25.0 Å². The Hall–Kier alpha value is -2.35. The molecule has 0 spiro atoms. The third-order valence-electron chi connectivity index (χ3n) is 4.24. The second-order valence-corrected chi connectivity index (χ2v) is 6.20. The Morgan fingerprint density at radius 2 is 2.19 bits per heavy atom. The predicted octanol–water partition coefficient (Wildman–Crippen LogP) is 2.03. The SMILES string of the molecule is CCOCCCNC(=NCc1nnc(C)n1C)N(C)Cc1ccoc1C. The summed E-state index contributed by atoms with van der Waals surface area (Å²) in [7, 11) is 3.97. The number of aromatic nitrogens is 3. The number of nitrogens with zero attached hydrogens (tertiary/aromatic N) is 5. The van der Waals surface area contributed by atoms with Gasteiger partial charge in [0, 0.05) is 46.0 Å². The minimum absolute atomic E-state index is 0.472. The lowest BCUT2D eigenvalue weighted by atomic mass is 10.2. The topological polar surface area (TPSA) is 80.7 Å². The zero-order valence-electron chi connectivity index (χ0n) is 16.4. The van der Waals surface area contributed by atoms with Crippen molar-refractivity contribution in [3.05, 3.63) is 35.3 Å². The first-order valence-corrected chi connectivity index (χ1v) is 8.98. The normalized spacial score (nSPS) is 11.8. The lowest BCUT2D eigenvalue weighted by Crippen LogP contribution is -2.39. The standard InChI is InChI=1S/C18H30N6O2/c1-6-25-10-7-9-19-18(20-12-17-22-21-15(3)24(17)5)23(4)13-16-8-11-26-14(16)2/h8,11H,6-7,9-10,12-13H2,1-5H3,(H,19,20). The average molecular weight is 362 g/mol. The van der Waals surface area contributed by atoms with Crippen LogP contribution in [0.1, 0.15) is 36.3 Å². The summed E-state index contributed by atoms with van der Waals surface area (Å²) in [5.74, 6) is 3.46. The van der Waals surface area contributed by atoms with Crippen LogP contribution in [0.2, 0.25) is 0 Å². The molecule has 0 atom stereocenters. The molecule has 0 unspecified atom stereocenters. The zero-order valence-corrected chi connectivity index (χ0v) is 16.4. The maximum atomic E-state index is 5.40. The Morgan fingerprint density at radius 1 is 1.38 bits per heavy atom. The molecule has 0 fully saturated rings. The number of guanidine groups is 1. The van der Waals surface area contributed by atoms with Gasteiger partial charge in [0.2, 0.25) is 0 Å². The van der Waals surface area contributed by atoms with Gasteiger partial charge in [0.25, 0.3) is 0 Å². The number of aliphatic imine (C=N–C) groups is 1. The lowest BCUT2D eigenvalue weighted by Gasteiger charge is -2.22. The van der Waals surface area contributed by atoms with Crippen LogP contribution in [0.5, 0.6) is 0 Å². The predicted molar refractivity (Wildman–Crippen MR) is 101 cm³/mol. The van der Waals surface area contributed by atoms with E-state index in [-0.39, 0.29) is 0 Å². The highest BCUT2D eigenvalue weighted by atomic mass is 16.5. The summed E-state index contributed by atoms with van der Waals surface area (Å²) in [6.07, 6.45) is 2.64. The van der Waals surface area contributed by atoms with Gasteiger partial charge < -0.3 is 23.9 Å². The van der Waals surface area contributed by atoms with Crippen molar-refractivity contribution in [2.24, 2.45) is 12.0 Å². The molecule has 0 saturated carbocycles. The minimum atomic E-state index is 0.472. The maximum absolute atomic E-state index is 5.40. The first-order valence-electron chi connectivity index (χ1n) is 8.98. The van der Waals surface area contributed by atoms with Gasteiger partial charge in [0.05, 0.1) is 6.26 Å². The summed E-state index contributed by atoms with van der Waals surface area (Å²) in [5.41, 5.74) is 1.14. The van der Waals surface area contributed by atoms with Gasteiger partial charge in [-0.2, -0.15) is 0 Å². The van der Waals surface area contributed by atoms with E-state index in [9.17, 15) is 0 Å².